The van der Waals surface area contributed by atoms with Crippen molar-refractivity contribution in [2.75, 3.05) is 11.9 Å². The van der Waals surface area contributed by atoms with E-state index in [0.29, 0.717) is 5.75 Å². The molecule has 1 amide bonds. The second kappa shape index (κ2) is 9.14. The van der Waals surface area contributed by atoms with Crippen LogP contribution >= 0.6 is 0 Å². The number of benzene rings is 2. The molecule has 1 atom stereocenters. The summed E-state index contributed by atoms with van der Waals surface area (Å²) < 4.78 is 10.4. The predicted molar refractivity (Wildman–Crippen MR) is 98.7 cm³/mol. The number of aryl methyl sites for hydroxylation is 1. The zero-order chi connectivity index (χ0) is 20.7. The number of amides is 1. The molecule has 0 aliphatic rings. The largest absolute Gasteiger partial charge is 0.479 e. The van der Waals surface area contributed by atoms with Crippen LogP contribution in [0.4, 0.5) is 11.4 Å². The average Bonchev–Trinajstić information content (AvgIpc) is 2.66. The van der Waals surface area contributed by atoms with E-state index >= 15 is 0 Å². The lowest BCUT2D eigenvalue weighted by molar-refractivity contribution is -0.384. The van der Waals surface area contributed by atoms with Crippen molar-refractivity contribution in [2.45, 2.75) is 20.0 Å². The molecule has 0 spiro atoms. The summed E-state index contributed by atoms with van der Waals surface area (Å²) in [4.78, 5) is 34.0. The van der Waals surface area contributed by atoms with Gasteiger partial charge in [0.2, 0.25) is 0 Å². The van der Waals surface area contributed by atoms with Crippen molar-refractivity contribution in [1.29, 1.82) is 5.26 Å². The van der Waals surface area contributed by atoms with Crippen molar-refractivity contribution in [2.24, 2.45) is 0 Å². The van der Waals surface area contributed by atoms with Gasteiger partial charge in [-0.3, -0.25) is 14.9 Å². The number of rotatable bonds is 7. The van der Waals surface area contributed by atoms with Gasteiger partial charge in [0, 0.05) is 12.1 Å². The molecule has 28 heavy (non-hydrogen) atoms. The highest BCUT2D eigenvalue weighted by Crippen LogP contribution is 2.21. The molecule has 9 nitrogen and oxygen atoms in total. The molecule has 0 saturated carbocycles. The summed E-state index contributed by atoms with van der Waals surface area (Å²) in [5.74, 6) is -0.930. The topological polar surface area (TPSA) is 132 Å². The molecule has 0 heterocycles. The summed E-state index contributed by atoms with van der Waals surface area (Å²) in [6, 6.07) is 12.3. The minimum Gasteiger partial charge on any atom is -0.479 e. The minimum atomic E-state index is -0.927. The molecule has 0 unspecified atom stereocenters. The number of hydrogen-bond acceptors (Lipinski definition) is 7. The van der Waals surface area contributed by atoms with Crippen molar-refractivity contribution >= 4 is 23.3 Å². The highest BCUT2D eigenvalue weighted by atomic mass is 16.6. The number of ether oxygens (including phenoxy) is 2. The number of carbonyl (C=O) groups is 2. The Labute approximate surface area is 160 Å². The molecular weight excluding hydrogens is 366 g/mol. The van der Waals surface area contributed by atoms with Gasteiger partial charge in [0.1, 0.15) is 11.8 Å². The number of hydrogen-bond donors (Lipinski definition) is 1. The number of carbonyl (C=O) groups excluding carboxylic acids is 2. The first kappa shape index (κ1) is 20.4. The number of esters is 1. The van der Waals surface area contributed by atoms with Gasteiger partial charge >= 0.3 is 5.97 Å². The fourth-order valence-corrected chi connectivity index (χ4v) is 2.23. The van der Waals surface area contributed by atoms with E-state index in [-0.39, 0.29) is 16.9 Å². The Morgan fingerprint density at radius 1 is 1.29 bits per heavy atom. The number of nitrogens with zero attached hydrogens (tertiary/aromatic N) is 2. The molecule has 0 aliphatic carbocycles. The molecule has 0 aromatic heterocycles. The molecule has 1 N–H and O–H groups in total. The molecule has 0 fully saturated rings. The lowest BCUT2D eigenvalue weighted by Crippen LogP contribution is -2.29. The van der Waals surface area contributed by atoms with E-state index in [1.165, 1.54) is 13.0 Å². The van der Waals surface area contributed by atoms with Gasteiger partial charge in [-0.1, -0.05) is 12.1 Å². The maximum atomic E-state index is 12.0. The maximum Gasteiger partial charge on any atom is 0.347 e. The zero-order valence-electron chi connectivity index (χ0n) is 15.2. The van der Waals surface area contributed by atoms with Crippen LogP contribution in [-0.4, -0.2) is 29.5 Å². The average molecular weight is 383 g/mol. The van der Waals surface area contributed by atoms with E-state index in [1.807, 2.05) is 13.0 Å². The third kappa shape index (κ3) is 5.54. The van der Waals surface area contributed by atoms with Crippen LogP contribution < -0.4 is 10.1 Å². The van der Waals surface area contributed by atoms with Gasteiger partial charge in [0.15, 0.2) is 12.7 Å². The normalized spacial score (nSPS) is 11.0. The second-order valence-electron chi connectivity index (χ2n) is 5.83. The maximum absolute atomic E-state index is 12.0. The number of nitro groups is 1. The molecule has 9 heteroatoms. The third-order valence-electron chi connectivity index (χ3n) is 3.59. The molecule has 2 aromatic carbocycles. The summed E-state index contributed by atoms with van der Waals surface area (Å²) in [5.41, 5.74) is 0.695. The minimum absolute atomic E-state index is 0.0787. The first-order chi connectivity index (χ1) is 13.3. The Morgan fingerprint density at radius 2 is 2.04 bits per heavy atom. The van der Waals surface area contributed by atoms with Gasteiger partial charge in [0.05, 0.1) is 16.2 Å². The first-order valence-corrected chi connectivity index (χ1v) is 8.18. The molecule has 0 radical (unpaired) electrons. The van der Waals surface area contributed by atoms with Gasteiger partial charge in [-0.05, 0) is 37.6 Å². The number of nitrogens with one attached hydrogen (secondary N) is 1. The van der Waals surface area contributed by atoms with Gasteiger partial charge in [-0.2, -0.15) is 5.26 Å². The van der Waals surface area contributed by atoms with E-state index in [1.54, 1.807) is 24.3 Å². The molecule has 0 aliphatic heterocycles. The summed E-state index contributed by atoms with van der Waals surface area (Å²) in [7, 11) is 0. The van der Waals surface area contributed by atoms with E-state index < -0.39 is 29.5 Å². The van der Waals surface area contributed by atoms with Crippen LogP contribution in [0.3, 0.4) is 0 Å². The van der Waals surface area contributed by atoms with E-state index in [9.17, 15) is 19.7 Å². The fourth-order valence-electron chi connectivity index (χ4n) is 2.23. The fraction of sp³-hybridized carbons (Fsp3) is 0.211. The SMILES string of the molecule is Cc1cccc(O[C@H](C)C(=O)OCC(=O)Nc2ccc([N+](=O)[O-])cc2C#N)c1. The van der Waals surface area contributed by atoms with Crippen LogP contribution in [0.25, 0.3) is 0 Å². The summed E-state index contributed by atoms with van der Waals surface area (Å²) in [5, 5.41) is 22.2. The van der Waals surface area contributed by atoms with Crippen molar-refractivity contribution in [3.63, 3.8) is 0 Å². The highest BCUT2D eigenvalue weighted by molar-refractivity contribution is 5.94. The second-order valence-corrected chi connectivity index (χ2v) is 5.83. The Bertz CT molecular complexity index is 951. The number of non-ortho nitro benzene ring substituents is 1. The van der Waals surface area contributed by atoms with Crippen LogP contribution in [0.15, 0.2) is 42.5 Å². The van der Waals surface area contributed by atoms with Crippen LogP contribution in [0, 0.1) is 28.4 Å². The Hall–Kier alpha value is -3.93. The summed E-state index contributed by atoms with van der Waals surface area (Å²) >= 11 is 0. The molecule has 0 saturated heterocycles. The van der Waals surface area contributed by atoms with E-state index in [2.05, 4.69) is 5.32 Å². The number of nitriles is 1. The van der Waals surface area contributed by atoms with E-state index in [0.717, 1.165) is 17.7 Å². The van der Waals surface area contributed by atoms with Gasteiger partial charge in [0.25, 0.3) is 11.6 Å². The Kier molecular flexibility index (Phi) is 6.65. The standard InChI is InChI=1S/C19H17N3O6/c1-12-4-3-5-16(8-12)28-13(2)19(24)27-11-18(23)21-17-7-6-15(22(25)26)9-14(17)10-20/h3-9,13H,11H2,1-2H3,(H,21,23)/t13-/m1/s1. The van der Waals surface area contributed by atoms with E-state index in [4.69, 9.17) is 14.7 Å². The molecule has 144 valence electrons. The summed E-state index contributed by atoms with van der Waals surface area (Å²) in [6.07, 6.45) is -0.927. The van der Waals surface area contributed by atoms with Crippen molar-refractivity contribution in [3.05, 3.63) is 63.7 Å². The Morgan fingerprint density at radius 3 is 2.68 bits per heavy atom. The quantitative estimate of drug-likeness (QED) is 0.442. The molecular formula is C19H17N3O6. The first-order valence-electron chi connectivity index (χ1n) is 8.18. The van der Waals surface area contributed by atoms with Gasteiger partial charge in [-0.15, -0.1) is 0 Å². The molecule has 2 aromatic rings. The third-order valence-corrected chi connectivity index (χ3v) is 3.59. The van der Waals surface area contributed by atoms with Crippen molar-refractivity contribution < 1.29 is 24.0 Å². The molecule has 0 bridgehead atoms. The lowest BCUT2D eigenvalue weighted by Gasteiger charge is -2.14. The van der Waals surface area contributed by atoms with Gasteiger partial charge < -0.3 is 14.8 Å². The predicted octanol–water partition coefficient (Wildman–Crippen LogP) is 2.72. The number of nitro benzene ring substituents is 1. The Balaban J connectivity index is 1.90. The van der Waals surface area contributed by atoms with Crippen LogP contribution in [-0.2, 0) is 14.3 Å². The van der Waals surface area contributed by atoms with Crippen molar-refractivity contribution in [1.82, 2.24) is 0 Å². The van der Waals surface area contributed by atoms with Crippen LogP contribution in [0.1, 0.15) is 18.1 Å². The number of anilines is 1. The lowest BCUT2D eigenvalue weighted by atomic mass is 10.1. The monoisotopic (exact) mass is 383 g/mol. The van der Waals surface area contributed by atoms with Crippen LogP contribution in [0.2, 0.25) is 0 Å². The smallest absolute Gasteiger partial charge is 0.347 e. The highest BCUT2D eigenvalue weighted by Gasteiger charge is 2.19. The summed E-state index contributed by atoms with van der Waals surface area (Å²) in [6.45, 7) is 2.78. The zero-order valence-corrected chi connectivity index (χ0v) is 15.2. The van der Waals surface area contributed by atoms with Crippen molar-refractivity contribution in [3.8, 4) is 11.8 Å². The molecule has 2 rings (SSSR count). The van der Waals surface area contributed by atoms with Crippen LogP contribution in [0.5, 0.6) is 5.75 Å². The van der Waals surface area contributed by atoms with Gasteiger partial charge in [-0.25, -0.2) is 4.79 Å².